The molecule has 0 fully saturated rings. The monoisotopic (exact) mass is 330 g/mol. The summed E-state index contributed by atoms with van der Waals surface area (Å²) in [6.07, 6.45) is 0.260. The molecule has 0 radical (unpaired) electrons. The minimum Gasteiger partial charge on any atom is -0.337 e. The molecule has 0 bridgehead atoms. The quantitative estimate of drug-likeness (QED) is 0.801. The molecule has 120 valence electrons. The fourth-order valence-electron chi connectivity index (χ4n) is 2.11. The van der Waals surface area contributed by atoms with Crippen LogP contribution in [0.2, 0.25) is 5.02 Å². The number of aryl methyl sites for hydroxylation is 2. The number of ketones is 1. The van der Waals surface area contributed by atoms with Gasteiger partial charge in [0.2, 0.25) is 0 Å². The summed E-state index contributed by atoms with van der Waals surface area (Å²) in [6, 6.07) is 12.3. The molecule has 0 spiro atoms. The summed E-state index contributed by atoms with van der Waals surface area (Å²) in [5, 5.41) is 6.04. The Bertz CT molecular complexity index is 711. The number of urea groups is 1. The maximum absolute atomic E-state index is 12.0. The highest BCUT2D eigenvalue weighted by Gasteiger charge is 2.08. The molecule has 4 nitrogen and oxygen atoms in total. The van der Waals surface area contributed by atoms with Crippen molar-refractivity contribution in [1.82, 2.24) is 5.32 Å². The number of carbonyl (C=O) groups excluding carboxylic acids is 2. The van der Waals surface area contributed by atoms with Crippen molar-refractivity contribution in [1.29, 1.82) is 0 Å². The molecular formula is C18H19ClN2O2. The molecule has 0 atom stereocenters. The van der Waals surface area contributed by atoms with E-state index in [0.29, 0.717) is 16.3 Å². The molecule has 0 heterocycles. The fourth-order valence-corrected chi connectivity index (χ4v) is 2.33. The molecule has 0 aliphatic heterocycles. The van der Waals surface area contributed by atoms with Crippen molar-refractivity contribution >= 4 is 29.1 Å². The van der Waals surface area contributed by atoms with Gasteiger partial charge in [-0.1, -0.05) is 41.4 Å². The van der Waals surface area contributed by atoms with E-state index in [4.69, 9.17) is 11.6 Å². The zero-order valence-electron chi connectivity index (χ0n) is 13.2. The first-order chi connectivity index (χ1) is 11.0. The van der Waals surface area contributed by atoms with Crippen LogP contribution in [0, 0.1) is 13.8 Å². The highest BCUT2D eigenvalue weighted by atomic mass is 35.5. The molecule has 5 heteroatoms. The Morgan fingerprint density at radius 2 is 1.74 bits per heavy atom. The maximum Gasteiger partial charge on any atom is 0.319 e. The average molecular weight is 331 g/mol. The Morgan fingerprint density at radius 1 is 1.04 bits per heavy atom. The van der Waals surface area contributed by atoms with Crippen LogP contribution in [0.15, 0.2) is 42.5 Å². The van der Waals surface area contributed by atoms with Crippen molar-refractivity contribution < 1.29 is 9.59 Å². The number of hydrogen-bond donors (Lipinski definition) is 2. The number of anilines is 1. The molecule has 0 aliphatic carbocycles. The first-order valence-electron chi connectivity index (χ1n) is 7.36. The molecule has 0 saturated carbocycles. The molecule has 2 amide bonds. The van der Waals surface area contributed by atoms with Gasteiger partial charge in [-0.25, -0.2) is 4.79 Å². The van der Waals surface area contributed by atoms with Gasteiger partial charge in [0.05, 0.1) is 0 Å². The molecule has 2 N–H and O–H groups in total. The lowest BCUT2D eigenvalue weighted by Gasteiger charge is -2.10. The zero-order chi connectivity index (χ0) is 16.8. The molecule has 0 aromatic heterocycles. The molecule has 2 aromatic rings. The van der Waals surface area contributed by atoms with Crippen molar-refractivity contribution in [3.05, 3.63) is 64.2 Å². The lowest BCUT2D eigenvalue weighted by Crippen LogP contribution is -2.30. The van der Waals surface area contributed by atoms with E-state index in [1.54, 1.807) is 30.3 Å². The van der Waals surface area contributed by atoms with E-state index in [2.05, 4.69) is 10.6 Å². The van der Waals surface area contributed by atoms with E-state index in [1.807, 2.05) is 26.0 Å². The van der Waals surface area contributed by atoms with Gasteiger partial charge >= 0.3 is 6.03 Å². The Kier molecular flexibility index (Phi) is 5.77. The summed E-state index contributed by atoms with van der Waals surface area (Å²) in [6.45, 7) is 4.12. The zero-order valence-corrected chi connectivity index (χ0v) is 13.9. The minimum absolute atomic E-state index is 0.00738. The van der Waals surface area contributed by atoms with Gasteiger partial charge in [0.15, 0.2) is 5.78 Å². The van der Waals surface area contributed by atoms with Gasteiger partial charge in [0.25, 0.3) is 0 Å². The SMILES string of the molecule is Cc1ccc(C(=O)CCNC(=O)Nc2ccc(Cl)cc2C)cc1. The van der Waals surface area contributed by atoms with Gasteiger partial charge in [-0.2, -0.15) is 0 Å². The topological polar surface area (TPSA) is 58.2 Å². The van der Waals surface area contributed by atoms with Gasteiger partial charge in [0, 0.05) is 29.2 Å². The highest BCUT2D eigenvalue weighted by molar-refractivity contribution is 6.30. The van der Waals surface area contributed by atoms with E-state index in [9.17, 15) is 9.59 Å². The first-order valence-corrected chi connectivity index (χ1v) is 7.74. The standard InChI is InChI=1S/C18H19ClN2O2/c1-12-3-5-14(6-4-12)17(22)9-10-20-18(23)21-16-8-7-15(19)11-13(16)2/h3-8,11H,9-10H2,1-2H3,(H2,20,21,23). The van der Waals surface area contributed by atoms with Crippen LogP contribution in [0.25, 0.3) is 0 Å². The smallest absolute Gasteiger partial charge is 0.319 e. The summed E-state index contributed by atoms with van der Waals surface area (Å²) in [5.74, 6) is 0.00738. The molecule has 23 heavy (non-hydrogen) atoms. The summed E-state index contributed by atoms with van der Waals surface area (Å²) in [5.41, 5.74) is 3.34. The molecule has 0 saturated heterocycles. The highest BCUT2D eigenvalue weighted by Crippen LogP contribution is 2.19. The Labute approximate surface area is 140 Å². The second-order valence-corrected chi connectivity index (χ2v) is 5.82. The summed E-state index contributed by atoms with van der Waals surface area (Å²) in [4.78, 5) is 23.8. The van der Waals surface area contributed by atoms with Crippen LogP contribution in [-0.4, -0.2) is 18.4 Å². The summed E-state index contributed by atoms with van der Waals surface area (Å²) < 4.78 is 0. The van der Waals surface area contributed by atoms with Crippen LogP contribution in [-0.2, 0) is 0 Å². The van der Waals surface area contributed by atoms with Crippen LogP contribution in [0.1, 0.15) is 27.9 Å². The molecular weight excluding hydrogens is 312 g/mol. The third kappa shape index (κ3) is 5.11. The number of carbonyl (C=O) groups is 2. The van der Waals surface area contributed by atoms with Gasteiger partial charge in [-0.15, -0.1) is 0 Å². The summed E-state index contributed by atoms with van der Waals surface area (Å²) >= 11 is 5.87. The second kappa shape index (κ2) is 7.79. The van der Waals surface area contributed by atoms with Crippen LogP contribution >= 0.6 is 11.6 Å². The molecule has 2 aromatic carbocycles. The van der Waals surface area contributed by atoms with E-state index in [-0.39, 0.29) is 24.8 Å². The van der Waals surface area contributed by atoms with Gasteiger partial charge < -0.3 is 10.6 Å². The van der Waals surface area contributed by atoms with E-state index >= 15 is 0 Å². The van der Waals surface area contributed by atoms with Crippen LogP contribution in [0.3, 0.4) is 0 Å². The lowest BCUT2D eigenvalue weighted by molar-refractivity contribution is 0.0984. The van der Waals surface area contributed by atoms with Gasteiger partial charge in [0.1, 0.15) is 0 Å². The lowest BCUT2D eigenvalue weighted by atomic mass is 10.1. The number of Topliss-reactive ketones (excluding diaryl/α,β-unsaturated/α-hetero) is 1. The van der Waals surface area contributed by atoms with Gasteiger partial charge in [-0.05, 0) is 37.6 Å². The van der Waals surface area contributed by atoms with Crippen molar-refractivity contribution in [2.45, 2.75) is 20.3 Å². The number of nitrogens with one attached hydrogen (secondary N) is 2. The number of hydrogen-bond acceptors (Lipinski definition) is 2. The Balaban J connectivity index is 1.80. The second-order valence-electron chi connectivity index (χ2n) is 5.38. The van der Waals surface area contributed by atoms with Gasteiger partial charge in [-0.3, -0.25) is 4.79 Å². The van der Waals surface area contributed by atoms with Crippen molar-refractivity contribution in [3.63, 3.8) is 0 Å². The van der Waals surface area contributed by atoms with Crippen molar-refractivity contribution in [3.8, 4) is 0 Å². The number of amides is 2. The largest absolute Gasteiger partial charge is 0.337 e. The van der Waals surface area contributed by atoms with E-state index in [0.717, 1.165) is 11.1 Å². The number of benzene rings is 2. The van der Waals surface area contributed by atoms with Crippen LogP contribution < -0.4 is 10.6 Å². The van der Waals surface area contributed by atoms with E-state index < -0.39 is 0 Å². The predicted octanol–water partition coefficient (Wildman–Crippen LogP) is 4.35. The number of halogens is 1. The molecule has 0 aliphatic rings. The fraction of sp³-hybridized carbons (Fsp3) is 0.222. The predicted molar refractivity (Wildman–Crippen MR) is 93.3 cm³/mol. The third-order valence-electron chi connectivity index (χ3n) is 3.45. The molecule has 2 rings (SSSR count). The maximum atomic E-state index is 12.0. The van der Waals surface area contributed by atoms with Crippen LogP contribution in [0.4, 0.5) is 10.5 Å². The number of rotatable bonds is 5. The first kappa shape index (κ1) is 17.0. The van der Waals surface area contributed by atoms with Crippen LogP contribution in [0.5, 0.6) is 0 Å². The minimum atomic E-state index is -0.341. The third-order valence-corrected chi connectivity index (χ3v) is 3.68. The van der Waals surface area contributed by atoms with E-state index in [1.165, 1.54) is 0 Å². The average Bonchev–Trinajstić information content (AvgIpc) is 2.50. The Hall–Kier alpha value is -2.33. The van der Waals surface area contributed by atoms with Crippen molar-refractivity contribution in [2.24, 2.45) is 0 Å². The summed E-state index contributed by atoms with van der Waals surface area (Å²) in [7, 11) is 0. The molecule has 0 unspecified atom stereocenters. The van der Waals surface area contributed by atoms with Crippen molar-refractivity contribution in [2.75, 3.05) is 11.9 Å². The Morgan fingerprint density at radius 3 is 2.39 bits per heavy atom. The normalized spacial score (nSPS) is 10.2.